The van der Waals surface area contributed by atoms with Crippen LogP contribution in [0.1, 0.15) is 24.4 Å². The predicted molar refractivity (Wildman–Crippen MR) is 113 cm³/mol. The summed E-state index contributed by atoms with van der Waals surface area (Å²) < 4.78 is 22.5. The molecule has 2 heterocycles. The van der Waals surface area contributed by atoms with E-state index in [-0.39, 0.29) is 11.8 Å². The smallest absolute Gasteiger partial charge is 0.259 e. The quantitative estimate of drug-likeness (QED) is 0.654. The van der Waals surface area contributed by atoms with Crippen LogP contribution in [0.5, 0.6) is 17.2 Å². The first-order valence-electron chi connectivity index (χ1n) is 9.52. The van der Waals surface area contributed by atoms with Gasteiger partial charge in [0.1, 0.15) is 22.9 Å². The number of hydrogen-bond donors (Lipinski definition) is 1. The van der Waals surface area contributed by atoms with Crippen LogP contribution in [0.2, 0.25) is 0 Å². The summed E-state index contributed by atoms with van der Waals surface area (Å²) in [6.45, 7) is 1.41. The number of benzene rings is 2. The highest BCUT2D eigenvalue weighted by atomic mass is 16.5. The molecule has 9 nitrogen and oxygen atoms in total. The topological polar surface area (TPSA) is 98.3 Å². The SMILES string of the molecule is COc1cc(OC)c(C2OC(c3cc(-c4ccccc4)n[nH]3)=NN2C(C)=O)c(OC)c1. The van der Waals surface area contributed by atoms with Crippen LogP contribution in [-0.4, -0.2) is 48.3 Å². The maximum atomic E-state index is 12.4. The third kappa shape index (κ3) is 3.77. The number of aromatic amines is 1. The van der Waals surface area contributed by atoms with E-state index in [1.807, 2.05) is 36.4 Å². The molecule has 4 rings (SSSR count). The second-order valence-electron chi connectivity index (χ2n) is 6.72. The number of ether oxygens (including phenoxy) is 4. The van der Waals surface area contributed by atoms with Gasteiger partial charge < -0.3 is 18.9 Å². The molecule has 0 radical (unpaired) electrons. The van der Waals surface area contributed by atoms with Crippen LogP contribution in [0.4, 0.5) is 0 Å². The Morgan fingerprint density at radius 1 is 1.03 bits per heavy atom. The van der Waals surface area contributed by atoms with E-state index in [0.717, 1.165) is 11.3 Å². The molecule has 160 valence electrons. The monoisotopic (exact) mass is 422 g/mol. The van der Waals surface area contributed by atoms with Crippen molar-refractivity contribution in [3.05, 3.63) is 59.8 Å². The molecule has 0 bridgehead atoms. The summed E-state index contributed by atoms with van der Waals surface area (Å²) >= 11 is 0. The van der Waals surface area contributed by atoms with Gasteiger partial charge in [-0.25, -0.2) is 0 Å². The lowest BCUT2D eigenvalue weighted by atomic mass is 10.1. The summed E-state index contributed by atoms with van der Waals surface area (Å²) in [6, 6.07) is 14.9. The first-order valence-corrected chi connectivity index (χ1v) is 9.52. The predicted octanol–water partition coefficient (Wildman–Crippen LogP) is 3.34. The standard InChI is InChI=1S/C22H22N4O5/c1-13(27)26-22(20-18(29-3)10-15(28-2)11-19(20)30-4)31-21(25-26)17-12-16(23-24-17)14-8-6-5-7-9-14/h5-12,22H,1-4H3,(H,23,24). The van der Waals surface area contributed by atoms with Crippen LogP contribution in [0, 0.1) is 0 Å². The summed E-state index contributed by atoms with van der Waals surface area (Å²) in [6.07, 6.45) is -0.883. The fraction of sp³-hybridized carbons (Fsp3) is 0.227. The van der Waals surface area contributed by atoms with Crippen molar-refractivity contribution < 1.29 is 23.7 Å². The van der Waals surface area contributed by atoms with Crippen LogP contribution in [0.15, 0.2) is 53.6 Å². The second kappa shape index (κ2) is 8.39. The number of hydrogen-bond acceptors (Lipinski definition) is 7. The van der Waals surface area contributed by atoms with Crippen LogP contribution in [0.3, 0.4) is 0 Å². The second-order valence-corrected chi connectivity index (χ2v) is 6.72. The summed E-state index contributed by atoms with van der Waals surface area (Å²) in [5, 5.41) is 12.9. The van der Waals surface area contributed by atoms with E-state index >= 15 is 0 Å². The van der Waals surface area contributed by atoms with Gasteiger partial charge in [-0.3, -0.25) is 9.89 Å². The van der Waals surface area contributed by atoms with Crippen molar-refractivity contribution in [3.63, 3.8) is 0 Å². The van der Waals surface area contributed by atoms with Gasteiger partial charge in [0.2, 0.25) is 12.1 Å². The van der Waals surface area contributed by atoms with Gasteiger partial charge in [-0.2, -0.15) is 10.1 Å². The van der Waals surface area contributed by atoms with Crippen LogP contribution < -0.4 is 14.2 Å². The van der Waals surface area contributed by atoms with Crippen molar-refractivity contribution in [2.45, 2.75) is 13.2 Å². The van der Waals surface area contributed by atoms with E-state index in [4.69, 9.17) is 18.9 Å². The molecule has 1 unspecified atom stereocenters. The molecule has 0 saturated heterocycles. The highest BCUT2D eigenvalue weighted by molar-refractivity contribution is 5.95. The number of nitrogens with one attached hydrogen (secondary N) is 1. The van der Waals surface area contributed by atoms with Gasteiger partial charge in [-0.15, -0.1) is 5.10 Å². The molecule has 3 aromatic rings. The lowest BCUT2D eigenvalue weighted by Gasteiger charge is -2.23. The van der Waals surface area contributed by atoms with Gasteiger partial charge in [0, 0.05) is 24.6 Å². The van der Waals surface area contributed by atoms with E-state index < -0.39 is 6.23 Å². The zero-order chi connectivity index (χ0) is 22.0. The lowest BCUT2D eigenvalue weighted by molar-refractivity contribution is -0.135. The molecule has 31 heavy (non-hydrogen) atoms. The lowest BCUT2D eigenvalue weighted by Crippen LogP contribution is -2.26. The van der Waals surface area contributed by atoms with Gasteiger partial charge in [-0.05, 0) is 6.07 Å². The summed E-state index contributed by atoms with van der Waals surface area (Å²) in [5.74, 6) is 1.36. The maximum Gasteiger partial charge on any atom is 0.259 e. The Morgan fingerprint density at radius 3 is 2.29 bits per heavy atom. The zero-order valence-corrected chi connectivity index (χ0v) is 17.6. The molecule has 0 saturated carbocycles. The van der Waals surface area contributed by atoms with Gasteiger partial charge >= 0.3 is 0 Å². The summed E-state index contributed by atoms with van der Waals surface area (Å²) in [7, 11) is 4.59. The average Bonchev–Trinajstić information content (AvgIpc) is 3.46. The molecule has 1 N–H and O–H groups in total. The normalized spacial score (nSPS) is 15.3. The van der Waals surface area contributed by atoms with Crippen molar-refractivity contribution in [2.75, 3.05) is 21.3 Å². The van der Waals surface area contributed by atoms with E-state index in [1.165, 1.54) is 26.2 Å². The van der Waals surface area contributed by atoms with E-state index in [0.29, 0.717) is 28.5 Å². The molecule has 1 aliphatic rings. The molecular formula is C22H22N4O5. The van der Waals surface area contributed by atoms with E-state index in [9.17, 15) is 4.79 Å². The van der Waals surface area contributed by atoms with Crippen molar-refractivity contribution in [3.8, 4) is 28.5 Å². The highest BCUT2D eigenvalue weighted by Gasteiger charge is 2.38. The molecule has 1 atom stereocenters. The minimum absolute atomic E-state index is 0.231. The molecule has 0 spiro atoms. The zero-order valence-electron chi connectivity index (χ0n) is 17.6. The molecule has 1 aliphatic heterocycles. The van der Waals surface area contributed by atoms with Gasteiger partial charge in [0.15, 0.2) is 0 Å². The minimum atomic E-state index is -0.883. The number of hydrazone groups is 1. The molecule has 1 aromatic heterocycles. The van der Waals surface area contributed by atoms with Crippen molar-refractivity contribution in [1.82, 2.24) is 15.2 Å². The minimum Gasteiger partial charge on any atom is -0.496 e. The van der Waals surface area contributed by atoms with Gasteiger partial charge in [-0.1, -0.05) is 30.3 Å². The first-order chi connectivity index (χ1) is 15.0. The summed E-state index contributed by atoms with van der Waals surface area (Å²) in [5.41, 5.74) is 2.74. The molecule has 2 aromatic carbocycles. The first kappa shape index (κ1) is 20.3. The molecular weight excluding hydrogens is 400 g/mol. The Balaban J connectivity index is 1.72. The number of methoxy groups -OCH3 is 3. The maximum absolute atomic E-state index is 12.4. The highest BCUT2D eigenvalue weighted by Crippen LogP contribution is 2.43. The third-order valence-corrected chi connectivity index (χ3v) is 4.84. The van der Waals surface area contributed by atoms with Crippen LogP contribution in [-0.2, 0) is 9.53 Å². The molecule has 0 fully saturated rings. The number of rotatable bonds is 6. The van der Waals surface area contributed by atoms with Gasteiger partial charge in [0.05, 0.1) is 32.6 Å². The number of aromatic nitrogens is 2. The molecule has 0 aliphatic carbocycles. The van der Waals surface area contributed by atoms with Crippen LogP contribution in [0.25, 0.3) is 11.3 Å². The van der Waals surface area contributed by atoms with E-state index in [2.05, 4.69) is 15.3 Å². The Bertz CT molecular complexity index is 1100. The number of carbonyl (C=O) groups is 1. The van der Waals surface area contributed by atoms with E-state index in [1.54, 1.807) is 19.2 Å². The fourth-order valence-electron chi connectivity index (χ4n) is 3.33. The Labute approximate surface area is 179 Å². The van der Waals surface area contributed by atoms with Crippen molar-refractivity contribution >= 4 is 11.8 Å². The molecule has 1 amide bonds. The number of carbonyl (C=O) groups excluding carboxylic acids is 1. The Hall–Kier alpha value is -4.01. The van der Waals surface area contributed by atoms with Crippen molar-refractivity contribution in [2.24, 2.45) is 5.10 Å². The number of nitrogens with zero attached hydrogens (tertiary/aromatic N) is 3. The third-order valence-electron chi connectivity index (χ3n) is 4.84. The van der Waals surface area contributed by atoms with Crippen LogP contribution >= 0.6 is 0 Å². The summed E-state index contributed by atoms with van der Waals surface area (Å²) in [4.78, 5) is 12.4. The number of amides is 1. The van der Waals surface area contributed by atoms with Crippen molar-refractivity contribution in [1.29, 1.82) is 0 Å². The Morgan fingerprint density at radius 2 is 1.71 bits per heavy atom. The van der Waals surface area contributed by atoms with Gasteiger partial charge in [0.25, 0.3) is 5.90 Å². The Kier molecular flexibility index (Phi) is 5.48. The largest absolute Gasteiger partial charge is 0.496 e. The fourth-order valence-corrected chi connectivity index (χ4v) is 3.33. The average molecular weight is 422 g/mol. The number of H-pyrrole nitrogens is 1. The molecule has 9 heteroatoms.